The molecule has 0 saturated heterocycles. The zero-order valence-corrected chi connectivity index (χ0v) is 16.3. The van der Waals surface area contributed by atoms with Crippen LogP contribution < -0.4 is 0 Å². The van der Waals surface area contributed by atoms with E-state index in [1.165, 1.54) is 22.1 Å². The van der Waals surface area contributed by atoms with Crippen molar-refractivity contribution in [2.75, 3.05) is 25.4 Å². The molecule has 0 spiro atoms. The van der Waals surface area contributed by atoms with Gasteiger partial charge in [-0.2, -0.15) is 11.8 Å². The van der Waals surface area contributed by atoms with Gasteiger partial charge in [0.05, 0.1) is 6.61 Å². The van der Waals surface area contributed by atoms with E-state index < -0.39 is 0 Å². The van der Waals surface area contributed by atoms with Gasteiger partial charge in [0.2, 0.25) is 0 Å². The summed E-state index contributed by atoms with van der Waals surface area (Å²) >= 11 is 1.99. The predicted octanol–water partition coefficient (Wildman–Crippen LogP) is 4.68. The third kappa shape index (κ3) is 4.46. The normalized spacial score (nSPS) is 15.2. The number of H-pyrrole nitrogens is 1. The number of rotatable bonds is 7. The highest BCUT2D eigenvalue weighted by Gasteiger charge is 2.12. The molecule has 0 radical (unpaired) electrons. The summed E-state index contributed by atoms with van der Waals surface area (Å²) in [6, 6.07) is 16.9. The summed E-state index contributed by atoms with van der Waals surface area (Å²) in [5.41, 5.74) is 6.31. The molecule has 1 aromatic heterocycles. The van der Waals surface area contributed by atoms with E-state index >= 15 is 0 Å². The zero-order chi connectivity index (χ0) is 18.5. The second-order valence-electron chi connectivity index (χ2n) is 7.05. The Balaban J connectivity index is 1.26. The van der Waals surface area contributed by atoms with Crippen molar-refractivity contribution in [3.8, 4) is 0 Å². The standard InChI is InChI=1S/C23H26N2OS/c26-16-18-6-7-23-22(14-18)21(15-24-23)17-27-13-12-25-10-8-20(9-11-25)19-4-2-1-3-5-19/h1-8,14-15,24,26H,9-13,16-17H2. The first-order chi connectivity index (χ1) is 13.3. The van der Waals surface area contributed by atoms with Crippen molar-refractivity contribution < 1.29 is 5.11 Å². The molecule has 1 aliphatic rings. The Hall–Kier alpha value is -2.01. The predicted molar refractivity (Wildman–Crippen MR) is 116 cm³/mol. The first-order valence-corrected chi connectivity index (χ1v) is 10.7. The van der Waals surface area contributed by atoms with E-state index in [-0.39, 0.29) is 6.61 Å². The van der Waals surface area contributed by atoms with Gasteiger partial charge < -0.3 is 10.1 Å². The van der Waals surface area contributed by atoms with E-state index in [9.17, 15) is 5.11 Å². The molecule has 4 rings (SSSR count). The van der Waals surface area contributed by atoms with Gasteiger partial charge in [0.25, 0.3) is 0 Å². The molecular formula is C23H26N2OS. The maximum atomic E-state index is 9.35. The number of nitrogens with one attached hydrogen (secondary N) is 1. The third-order valence-corrected chi connectivity index (χ3v) is 6.25. The summed E-state index contributed by atoms with van der Waals surface area (Å²) in [6.45, 7) is 3.43. The minimum Gasteiger partial charge on any atom is -0.392 e. The molecule has 27 heavy (non-hydrogen) atoms. The van der Waals surface area contributed by atoms with Crippen LogP contribution in [0, 0.1) is 0 Å². The monoisotopic (exact) mass is 378 g/mol. The van der Waals surface area contributed by atoms with E-state index in [0.29, 0.717) is 0 Å². The van der Waals surface area contributed by atoms with E-state index in [2.05, 4.69) is 64.6 Å². The Bertz CT molecular complexity index is 917. The summed E-state index contributed by atoms with van der Waals surface area (Å²) in [5, 5.41) is 10.6. The van der Waals surface area contributed by atoms with Crippen molar-refractivity contribution in [2.45, 2.75) is 18.8 Å². The lowest BCUT2D eigenvalue weighted by Crippen LogP contribution is -2.30. The fraction of sp³-hybridized carbons (Fsp3) is 0.304. The van der Waals surface area contributed by atoms with Crippen molar-refractivity contribution in [1.29, 1.82) is 0 Å². The van der Waals surface area contributed by atoms with Gasteiger partial charge in [0, 0.05) is 48.2 Å². The molecule has 0 aliphatic carbocycles. The second-order valence-corrected chi connectivity index (χ2v) is 8.16. The fourth-order valence-electron chi connectivity index (χ4n) is 3.65. The topological polar surface area (TPSA) is 39.3 Å². The smallest absolute Gasteiger partial charge is 0.0682 e. The maximum Gasteiger partial charge on any atom is 0.0682 e. The van der Waals surface area contributed by atoms with Crippen molar-refractivity contribution in [1.82, 2.24) is 9.88 Å². The highest BCUT2D eigenvalue weighted by atomic mass is 32.2. The van der Waals surface area contributed by atoms with Gasteiger partial charge in [0.1, 0.15) is 0 Å². The second kappa shape index (κ2) is 8.79. The molecule has 2 heterocycles. The number of aromatic amines is 1. The molecule has 0 amide bonds. The van der Waals surface area contributed by atoms with Crippen LogP contribution >= 0.6 is 11.8 Å². The van der Waals surface area contributed by atoms with Gasteiger partial charge in [0.15, 0.2) is 0 Å². The fourth-order valence-corrected chi connectivity index (χ4v) is 4.64. The number of hydrogen-bond donors (Lipinski definition) is 2. The minimum absolute atomic E-state index is 0.0984. The number of aromatic nitrogens is 1. The molecule has 4 heteroatoms. The average Bonchev–Trinajstić information content (AvgIpc) is 3.14. The zero-order valence-electron chi connectivity index (χ0n) is 15.5. The average molecular weight is 379 g/mol. The van der Waals surface area contributed by atoms with Gasteiger partial charge in [-0.05, 0) is 40.8 Å². The number of nitrogens with zero attached hydrogens (tertiary/aromatic N) is 1. The molecule has 3 aromatic rings. The molecular weight excluding hydrogens is 352 g/mol. The van der Waals surface area contributed by atoms with E-state index in [0.717, 1.165) is 48.6 Å². The van der Waals surface area contributed by atoms with Gasteiger partial charge in [-0.15, -0.1) is 0 Å². The van der Waals surface area contributed by atoms with Crippen LogP contribution in [0.25, 0.3) is 16.5 Å². The highest BCUT2D eigenvalue weighted by Crippen LogP contribution is 2.25. The van der Waals surface area contributed by atoms with Crippen LogP contribution in [0.2, 0.25) is 0 Å². The number of thioether (sulfide) groups is 1. The summed E-state index contributed by atoms with van der Waals surface area (Å²) in [4.78, 5) is 5.88. The van der Waals surface area contributed by atoms with Crippen LogP contribution in [0.5, 0.6) is 0 Å². The minimum atomic E-state index is 0.0984. The van der Waals surface area contributed by atoms with Gasteiger partial charge in [-0.3, -0.25) is 4.90 Å². The largest absolute Gasteiger partial charge is 0.392 e. The van der Waals surface area contributed by atoms with Gasteiger partial charge in [-0.25, -0.2) is 0 Å². The van der Waals surface area contributed by atoms with E-state index in [4.69, 9.17) is 0 Å². The third-order valence-electron chi connectivity index (χ3n) is 5.26. The number of hydrogen-bond acceptors (Lipinski definition) is 3. The molecule has 3 nitrogen and oxygen atoms in total. The first kappa shape index (κ1) is 18.4. The maximum absolute atomic E-state index is 9.35. The van der Waals surface area contributed by atoms with Gasteiger partial charge in [-0.1, -0.05) is 42.5 Å². The lowest BCUT2D eigenvalue weighted by molar-refractivity contribution is 0.282. The van der Waals surface area contributed by atoms with Crippen LogP contribution in [-0.2, 0) is 12.4 Å². The van der Waals surface area contributed by atoms with Crippen LogP contribution in [0.4, 0.5) is 0 Å². The Morgan fingerprint density at radius 2 is 2.00 bits per heavy atom. The van der Waals surface area contributed by atoms with Crippen molar-refractivity contribution in [3.05, 3.63) is 77.5 Å². The molecule has 140 valence electrons. The lowest BCUT2D eigenvalue weighted by atomic mass is 10.00. The molecule has 0 saturated carbocycles. The van der Waals surface area contributed by atoms with Crippen molar-refractivity contribution >= 4 is 28.2 Å². The Morgan fingerprint density at radius 1 is 1.11 bits per heavy atom. The summed E-state index contributed by atoms with van der Waals surface area (Å²) in [5.74, 6) is 2.15. The van der Waals surface area contributed by atoms with Crippen LogP contribution in [0.1, 0.15) is 23.1 Å². The molecule has 0 fully saturated rings. The number of aliphatic hydroxyl groups is 1. The Kier molecular flexibility index (Phi) is 5.97. The Labute approximate surface area is 165 Å². The molecule has 2 N–H and O–H groups in total. The summed E-state index contributed by atoms with van der Waals surface area (Å²) < 4.78 is 0. The van der Waals surface area contributed by atoms with Crippen LogP contribution in [0.3, 0.4) is 0 Å². The van der Waals surface area contributed by atoms with Crippen LogP contribution in [0.15, 0.2) is 60.8 Å². The highest BCUT2D eigenvalue weighted by molar-refractivity contribution is 7.98. The van der Waals surface area contributed by atoms with E-state index in [1.54, 1.807) is 0 Å². The molecule has 0 atom stereocenters. The lowest BCUT2D eigenvalue weighted by Gasteiger charge is -2.26. The summed E-state index contributed by atoms with van der Waals surface area (Å²) in [7, 11) is 0. The quantitative estimate of drug-likeness (QED) is 0.586. The van der Waals surface area contributed by atoms with Crippen molar-refractivity contribution in [2.24, 2.45) is 0 Å². The number of aliphatic hydroxyl groups excluding tert-OH is 1. The SMILES string of the molecule is OCc1ccc2[nH]cc(CSCCN3CC=C(c4ccccc4)CC3)c2c1. The van der Waals surface area contributed by atoms with Crippen molar-refractivity contribution in [3.63, 3.8) is 0 Å². The summed E-state index contributed by atoms with van der Waals surface area (Å²) in [6.07, 6.45) is 5.63. The first-order valence-electron chi connectivity index (χ1n) is 9.58. The number of benzene rings is 2. The molecule has 1 aliphatic heterocycles. The Morgan fingerprint density at radius 3 is 2.78 bits per heavy atom. The van der Waals surface area contributed by atoms with E-state index in [1.807, 2.05) is 17.8 Å². The molecule has 0 unspecified atom stereocenters. The molecule has 2 aromatic carbocycles. The molecule has 0 bridgehead atoms. The van der Waals surface area contributed by atoms with Crippen LogP contribution in [-0.4, -0.2) is 40.4 Å². The van der Waals surface area contributed by atoms with Gasteiger partial charge >= 0.3 is 0 Å². The number of fused-ring (bicyclic) bond motifs is 1.